The molecule has 0 spiro atoms. The molecule has 0 radical (unpaired) electrons. The van der Waals surface area contributed by atoms with Crippen LogP contribution in [0.25, 0.3) is 0 Å². The first-order valence-corrected chi connectivity index (χ1v) is 5.99. The molecule has 4 nitrogen and oxygen atoms in total. The predicted octanol–water partition coefficient (Wildman–Crippen LogP) is 1.94. The summed E-state index contributed by atoms with van der Waals surface area (Å²) in [7, 11) is 8.13. The van der Waals surface area contributed by atoms with Gasteiger partial charge in [0.2, 0.25) is 0 Å². The number of rotatable bonds is 4. The Balaban J connectivity index is 0.00000121. The molecule has 0 atom stereocenters. The summed E-state index contributed by atoms with van der Waals surface area (Å²) >= 11 is 3.66. The SMILES string of the molecule is CN(C)c1ccc(C=NCC(=O)O)cc1.[Cl][Cu+]. The minimum absolute atomic E-state index is 0.185. The van der Waals surface area contributed by atoms with Crippen molar-refractivity contribution in [2.24, 2.45) is 4.99 Å². The first kappa shape index (κ1) is 16.0. The van der Waals surface area contributed by atoms with Crippen LogP contribution in [-0.2, 0) is 19.9 Å². The van der Waals surface area contributed by atoms with E-state index in [1.54, 1.807) is 6.21 Å². The van der Waals surface area contributed by atoms with Crippen LogP contribution in [0.5, 0.6) is 0 Å². The van der Waals surface area contributed by atoms with Gasteiger partial charge >= 0.3 is 31.2 Å². The summed E-state index contributed by atoms with van der Waals surface area (Å²) in [4.78, 5) is 16.0. The van der Waals surface area contributed by atoms with Crippen molar-refractivity contribution in [1.82, 2.24) is 0 Å². The fourth-order valence-corrected chi connectivity index (χ4v) is 1.09. The summed E-state index contributed by atoms with van der Waals surface area (Å²) in [6.07, 6.45) is 1.56. The fraction of sp³-hybridized carbons (Fsp3) is 0.273. The zero-order valence-electron chi connectivity index (χ0n) is 9.52. The van der Waals surface area contributed by atoms with E-state index in [1.165, 1.54) is 0 Å². The Bertz CT molecular complexity index is 366. The average molecular weight is 305 g/mol. The zero-order chi connectivity index (χ0) is 13.3. The molecule has 1 aromatic carbocycles. The van der Waals surface area contributed by atoms with Crippen LogP contribution in [0.3, 0.4) is 0 Å². The van der Waals surface area contributed by atoms with Crippen LogP contribution in [0.15, 0.2) is 29.3 Å². The van der Waals surface area contributed by atoms with Crippen molar-refractivity contribution in [3.8, 4) is 0 Å². The van der Waals surface area contributed by atoms with Crippen LogP contribution in [0.1, 0.15) is 5.56 Å². The van der Waals surface area contributed by atoms with Gasteiger partial charge in [-0.05, 0) is 17.7 Å². The Morgan fingerprint density at radius 1 is 1.41 bits per heavy atom. The third-order valence-corrected chi connectivity index (χ3v) is 1.88. The number of aliphatic imine (C=N–C) groups is 1. The minimum atomic E-state index is -0.920. The molecule has 0 saturated carbocycles. The van der Waals surface area contributed by atoms with Crippen LogP contribution in [-0.4, -0.2) is 37.9 Å². The number of hydrogen-bond donors (Lipinski definition) is 1. The van der Waals surface area contributed by atoms with Gasteiger partial charge in [0.25, 0.3) is 0 Å². The maximum atomic E-state index is 10.2. The molecular weight excluding hydrogens is 291 g/mol. The van der Waals surface area contributed by atoms with Gasteiger partial charge in [0, 0.05) is 26.0 Å². The summed E-state index contributed by atoms with van der Waals surface area (Å²) in [5.74, 6) is -0.920. The zero-order valence-corrected chi connectivity index (χ0v) is 11.2. The Morgan fingerprint density at radius 3 is 2.35 bits per heavy atom. The van der Waals surface area contributed by atoms with E-state index in [0.29, 0.717) is 0 Å². The number of carbonyl (C=O) groups is 1. The summed E-state index contributed by atoms with van der Waals surface area (Å²) in [5, 5.41) is 8.39. The molecule has 0 aromatic heterocycles. The number of halogens is 1. The quantitative estimate of drug-likeness (QED) is 0.683. The molecule has 0 fully saturated rings. The van der Waals surface area contributed by atoms with Gasteiger partial charge in [-0.15, -0.1) is 0 Å². The molecule has 1 N–H and O–H groups in total. The predicted molar refractivity (Wildman–Crippen MR) is 66.7 cm³/mol. The number of nitrogens with zero attached hydrogens (tertiary/aromatic N) is 2. The van der Waals surface area contributed by atoms with Crippen molar-refractivity contribution < 1.29 is 25.0 Å². The third kappa shape index (κ3) is 7.00. The van der Waals surface area contributed by atoms with Gasteiger partial charge in [0.05, 0.1) is 0 Å². The second kappa shape index (κ2) is 9.05. The average Bonchev–Trinajstić information content (AvgIpc) is 2.32. The van der Waals surface area contributed by atoms with Gasteiger partial charge in [0.15, 0.2) is 0 Å². The molecule has 0 unspecified atom stereocenters. The van der Waals surface area contributed by atoms with Gasteiger partial charge < -0.3 is 10.0 Å². The van der Waals surface area contributed by atoms with E-state index in [4.69, 9.17) is 5.11 Å². The van der Waals surface area contributed by atoms with Gasteiger partial charge in [0.1, 0.15) is 6.54 Å². The maximum absolute atomic E-state index is 10.2. The Morgan fingerprint density at radius 2 is 1.94 bits per heavy atom. The summed E-state index contributed by atoms with van der Waals surface area (Å²) in [5.41, 5.74) is 2.01. The topological polar surface area (TPSA) is 52.9 Å². The van der Waals surface area contributed by atoms with Crippen molar-refractivity contribution in [2.45, 2.75) is 0 Å². The Labute approximate surface area is 113 Å². The van der Waals surface area contributed by atoms with Crippen LogP contribution < -0.4 is 4.90 Å². The molecule has 0 aliphatic carbocycles. The Hall–Kier alpha value is -1.03. The second-order valence-electron chi connectivity index (χ2n) is 3.35. The number of benzene rings is 1. The molecule has 1 aromatic rings. The van der Waals surface area contributed by atoms with Gasteiger partial charge in [-0.2, -0.15) is 0 Å². The van der Waals surface area contributed by atoms with Crippen molar-refractivity contribution in [3.63, 3.8) is 0 Å². The normalized spacial score (nSPS) is 9.71. The molecule has 0 saturated heterocycles. The standard InChI is InChI=1S/C11H14N2O2.ClH.Cu/c1-13(2)10-5-3-9(4-6-10)7-12-8-11(14)15;;/h3-7H,8H2,1-2H3,(H,14,15);1H;/q;;+2/p-1. The summed E-state index contributed by atoms with van der Waals surface area (Å²) < 4.78 is 0. The van der Waals surface area contributed by atoms with E-state index < -0.39 is 5.97 Å². The number of hydrogen-bond acceptors (Lipinski definition) is 3. The van der Waals surface area contributed by atoms with E-state index in [9.17, 15) is 4.79 Å². The van der Waals surface area contributed by atoms with E-state index in [0.717, 1.165) is 11.3 Å². The van der Waals surface area contributed by atoms with Crippen molar-refractivity contribution in [1.29, 1.82) is 0 Å². The molecule has 1 rings (SSSR count). The molecule has 0 bridgehead atoms. The molecular formula is C11H14ClCuN2O2+. The fourth-order valence-electron chi connectivity index (χ4n) is 1.09. The van der Waals surface area contributed by atoms with Crippen LogP contribution in [0, 0.1) is 0 Å². The van der Waals surface area contributed by atoms with E-state index in [1.807, 2.05) is 43.3 Å². The van der Waals surface area contributed by atoms with E-state index in [-0.39, 0.29) is 6.54 Å². The van der Waals surface area contributed by atoms with Gasteiger partial charge in [-0.25, -0.2) is 0 Å². The molecule has 0 amide bonds. The molecule has 6 heteroatoms. The summed E-state index contributed by atoms with van der Waals surface area (Å²) in [6.45, 7) is -0.185. The van der Waals surface area contributed by atoms with Crippen LogP contribution in [0.4, 0.5) is 5.69 Å². The van der Waals surface area contributed by atoms with E-state index >= 15 is 0 Å². The van der Waals surface area contributed by atoms with Crippen LogP contribution in [0.2, 0.25) is 0 Å². The van der Waals surface area contributed by atoms with E-state index in [2.05, 4.69) is 30.2 Å². The number of anilines is 1. The molecule has 0 aliphatic rings. The first-order chi connectivity index (χ1) is 8.09. The molecule has 0 aliphatic heterocycles. The molecule has 0 heterocycles. The molecule has 17 heavy (non-hydrogen) atoms. The number of aliphatic carboxylic acids is 1. The second-order valence-corrected chi connectivity index (χ2v) is 3.35. The van der Waals surface area contributed by atoms with Crippen molar-refractivity contribution in [3.05, 3.63) is 29.8 Å². The van der Waals surface area contributed by atoms with Gasteiger partial charge in [-0.3, -0.25) is 9.79 Å². The number of carboxylic acid groups (broad SMARTS) is 1. The van der Waals surface area contributed by atoms with Crippen molar-refractivity contribution >= 4 is 28.0 Å². The Kier molecular flexibility index (Phi) is 8.50. The summed E-state index contributed by atoms with van der Waals surface area (Å²) in [6, 6.07) is 7.73. The van der Waals surface area contributed by atoms with Gasteiger partial charge in [-0.1, -0.05) is 12.1 Å². The van der Waals surface area contributed by atoms with Crippen molar-refractivity contribution in [2.75, 3.05) is 25.5 Å². The monoisotopic (exact) mass is 304 g/mol. The molecule has 97 valence electrons. The first-order valence-electron chi connectivity index (χ1n) is 4.70. The number of carboxylic acids is 1. The third-order valence-electron chi connectivity index (χ3n) is 1.88. The van der Waals surface area contributed by atoms with Crippen LogP contribution >= 0.6 is 10.1 Å².